The molecule has 0 fully saturated rings. The van der Waals surface area contributed by atoms with E-state index in [-0.39, 0.29) is 11.7 Å². The molecule has 2 rings (SSSR count). The fourth-order valence-electron chi connectivity index (χ4n) is 1.55. The second-order valence-electron chi connectivity index (χ2n) is 3.32. The third-order valence-electron chi connectivity index (χ3n) is 2.38. The van der Waals surface area contributed by atoms with Crippen molar-refractivity contribution in [3.63, 3.8) is 0 Å². The molecule has 15 heavy (non-hydrogen) atoms. The van der Waals surface area contributed by atoms with Gasteiger partial charge in [-0.25, -0.2) is 9.89 Å². The van der Waals surface area contributed by atoms with E-state index in [0.29, 0.717) is 4.77 Å². The minimum absolute atomic E-state index is 0.0614. The molecule has 1 aromatic heterocycles. The highest BCUT2D eigenvalue weighted by Gasteiger charge is 2.10. The molecule has 0 bridgehead atoms. The molecule has 1 heterocycles. The highest BCUT2D eigenvalue weighted by Crippen LogP contribution is 2.14. The fourth-order valence-corrected chi connectivity index (χ4v) is 1.84. The molecule has 0 saturated heterocycles. The Bertz CT molecular complexity index is 524. The average molecular weight is 221 g/mol. The number of hydrogen-bond donors (Lipinski definition) is 2. The van der Waals surface area contributed by atoms with Crippen LogP contribution in [-0.4, -0.2) is 14.8 Å². The number of benzene rings is 1. The maximum Gasteiger partial charge on any atom is 0.342 e. The van der Waals surface area contributed by atoms with Crippen molar-refractivity contribution in [2.45, 2.75) is 13.0 Å². The van der Waals surface area contributed by atoms with E-state index in [9.17, 15) is 4.79 Å². The lowest BCUT2D eigenvalue weighted by atomic mass is 10.1. The lowest BCUT2D eigenvalue weighted by Crippen LogP contribution is -2.21. The summed E-state index contributed by atoms with van der Waals surface area (Å²) in [6, 6.07) is 9.70. The van der Waals surface area contributed by atoms with Crippen molar-refractivity contribution >= 4 is 12.2 Å². The number of aromatic amines is 2. The Morgan fingerprint density at radius 1 is 1.27 bits per heavy atom. The second kappa shape index (κ2) is 3.86. The molecule has 0 aliphatic rings. The molecule has 0 saturated carbocycles. The van der Waals surface area contributed by atoms with Gasteiger partial charge in [0.15, 0.2) is 4.77 Å². The van der Waals surface area contributed by atoms with Crippen molar-refractivity contribution in [2.75, 3.05) is 0 Å². The number of aromatic nitrogens is 3. The molecule has 0 radical (unpaired) electrons. The fraction of sp³-hybridized carbons (Fsp3) is 0.200. The molecule has 0 amide bonds. The summed E-state index contributed by atoms with van der Waals surface area (Å²) in [6.07, 6.45) is 0. The SMILES string of the molecule is C[C@@H](c1ccccc1)n1c(=O)[nH][nH]c1=S. The molecule has 0 aliphatic carbocycles. The van der Waals surface area contributed by atoms with Gasteiger partial charge in [-0.15, -0.1) is 0 Å². The van der Waals surface area contributed by atoms with Gasteiger partial charge in [0.2, 0.25) is 0 Å². The molecular weight excluding hydrogens is 210 g/mol. The van der Waals surface area contributed by atoms with Crippen molar-refractivity contribution in [3.8, 4) is 0 Å². The van der Waals surface area contributed by atoms with Crippen molar-refractivity contribution in [3.05, 3.63) is 51.2 Å². The van der Waals surface area contributed by atoms with Crippen LogP contribution < -0.4 is 5.69 Å². The first-order valence-corrected chi connectivity index (χ1v) is 5.05. The maximum atomic E-state index is 11.5. The van der Waals surface area contributed by atoms with Crippen molar-refractivity contribution in [1.29, 1.82) is 0 Å². The Kier molecular flexibility index (Phi) is 2.55. The number of nitrogens with zero attached hydrogens (tertiary/aromatic N) is 1. The molecule has 5 heteroatoms. The Balaban J connectivity index is 2.50. The van der Waals surface area contributed by atoms with E-state index in [1.165, 1.54) is 4.57 Å². The first kappa shape index (κ1) is 9.92. The topological polar surface area (TPSA) is 53.6 Å². The molecule has 0 spiro atoms. The zero-order valence-electron chi connectivity index (χ0n) is 8.23. The summed E-state index contributed by atoms with van der Waals surface area (Å²) in [5, 5.41) is 5.09. The lowest BCUT2D eigenvalue weighted by molar-refractivity contribution is 0.609. The number of nitrogens with one attached hydrogen (secondary N) is 2. The van der Waals surface area contributed by atoms with Gasteiger partial charge in [-0.1, -0.05) is 30.3 Å². The van der Waals surface area contributed by atoms with Crippen molar-refractivity contribution in [2.24, 2.45) is 0 Å². The van der Waals surface area contributed by atoms with Crippen LogP contribution in [0.4, 0.5) is 0 Å². The summed E-state index contributed by atoms with van der Waals surface area (Å²) < 4.78 is 1.93. The molecule has 0 unspecified atom stereocenters. The number of rotatable bonds is 2. The summed E-state index contributed by atoms with van der Waals surface area (Å²) in [6.45, 7) is 1.94. The van der Waals surface area contributed by atoms with Gasteiger partial charge < -0.3 is 0 Å². The van der Waals surface area contributed by atoms with Crippen LogP contribution in [0.15, 0.2) is 35.1 Å². The Labute approximate surface area is 91.6 Å². The van der Waals surface area contributed by atoms with Crippen LogP contribution in [0.5, 0.6) is 0 Å². The molecule has 2 aromatic rings. The van der Waals surface area contributed by atoms with Crippen molar-refractivity contribution < 1.29 is 0 Å². The minimum Gasteiger partial charge on any atom is -0.272 e. The Morgan fingerprint density at radius 2 is 1.93 bits per heavy atom. The first-order valence-electron chi connectivity index (χ1n) is 4.64. The van der Waals surface area contributed by atoms with Gasteiger partial charge in [-0.2, -0.15) is 0 Å². The van der Waals surface area contributed by atoms with Gasteiger partial charge in [-0.3, -0.25) is 9.67 Å². The predicted molar refractivity (Wildman–Crippen MR) is 60.5 cm³/mol. The van der Waals surface area contributed by atoms with Crippen LogP contribution in [0.3, 0.4) is 0 Å². The third kappa shape index (κ3) is 1.78. The molecule has 2 N–H and O–H groups in total. The van der Waals surface area contributed by atoms with Crippen LogP contribution in [0.2, 0.25) is 0 Å². The highest BCUT2D eigenvalue weighted by atomic mass is 32.1. The standard InChI is InChI=1S/C10H11N3OS/c1-7(8-5-3-2-4-6-8)13-9(14)11-12-10(13)15/h2-7H,1H3,(H,11,14)(H,12,15)/t7-/m0/s1. The van der Waals surface area contributed by atoms with Gasteiger partial charge in [0.05, 0.1) is 6.04 Å². The monoisotopic (exact) mass is 221 g/mol. The second-order valence-corrected chi connectivity index (χ2v) is 3.70. The lowest BCUT2D eigenvalue weighted by Gasteiger charge is -2.11. The van der Waals surface area contributed by atoms with Crippen LogP contribution in [0, 0.1) is 4.77 Å². The molecule has 0 aliphatic heterocycles. The molecular formula is C10H11N3OS. The van der Waals surface area contributed by atoms with Crippen LogP contribution in [-0.2, 0) is 0 Å². The van der Waals surface area contributed by atoms with E-state index in [4.69, 9.17) is 12.2 Å². The highest BCUT2D eigenvalue weighted by molar-refractivity contribution is 7.71. The van der Waals surface area contributed by atoms with Crippen molar-refractivity contribution in [1.82, 2.24) is 14.8 Å². The minimum atomic E-state index is -0.212. The molecule has 78 valence electrons. The van der Waals surface area contributed by atoms with E-state index in [1.54, 1.807) is 0 Å². The molecule has 1 aromatic carbocycles. The predicted octanol–water partition coefficient (Wildman–Crippen LogP) is 1.84. The Hall–Kier alpha value is -1.62. The summed E-state index contributed by atoms with van der Waals surface area (Å²) in [7, 11) is 0. The number of hydrogen-bond acceptors (Lipinski definition) is 2. The van der Waals surface area contributed by atoms with E-state index < -0.39 is 0 Å². The summed E-state index contributed by atoms with van der Waals surface area (Å²) in [5.41, 5.74) is 0.843. The van der Waals surface area contributed by atoms with Gasteiger partial charge in [0, 0.05) is 0 Å². The molecule has 1 atom stereocenters. The Morgan fingerprint density at radius 3 is 2.47 bits per heavy atom. The van der Waals surface area contributed by atoms with Crippen LogP contribution in [0.1, 0.15) is 18.5 Å². The largest absolute Gasteiger partial charge is 0.342 e. The van der Waals surface area contributed by atoms with Gasteiger partial charge in [0.1, 0.15) is 0 Å². The van der Waals surface area contributed by atoms with Gasteiger partial charge in [-0.05, 0) is 24.7 Å². The normalized spacial score (nSPS) is 12.6. The zero-order valence-corrected chi connectivity index (χ0v) is 9.04. The van der Waals surface area contributed by atoms with E-state index in [1.807, 2.05) is 37.3 Å². The van der Waals surface area contributed by atoms with Gasteiger partial charge >= 0.3 is 5.69 Å². The first-order chi connectivity index (χ1) is 7.20. The quantitative estimate of drug-likeness (QED) is 0.760. The number of H-pyrrole nitrogens is 2. The summed E-state index contributed by atoms with van der Waals surface area (Å²) >= 11 is 5.03. The summed E-state index contributed by atoms with van der Waals surface area (Å²) in [4.78, 5) is 11.5. The van der Waals surface area contributed by atoms with Crippen LogP contribution >= 0.6 is 12.2 Å². The van der Waals surface area contributed by atoms with Gasteiger partial charge in [0.25, 0.3) is 0 Å². The smallest absolute Gasteiger partial charge is 0.272 e. The third-order valence-corrected chi connectivity index (χ3v) is 2.68. The van der Waals surface area contributed by atoms with E-state index in [0.717, 1.165) is 5.56 Å². The maximum absolute atomic E-state index is 11.5. The summed E-state index contributed by atoms with van der Waals surface area (Å²) in [5.74, 6) is 0. The van der Waals surface area contributed by atoms with E-state index in [2.05, 4.69) is 10.2 Å². The average Bonchev–Trinajstić information content (AvgIpc) is 2.59. The van der Waals surface area contributed by atoms with Crippen LogP contribution in [0.25, 0.3) is 0 Å². The van der Waals surface area contributed by atoms with E-state index >= 15 is 0 Å². The zero-order chi connectivity index (χ0) is 10.8. The molecule has 4 nitrogen and oxygen atoms in total.